The van der Waals surface area contributed by atoms with Gasteiger partial charge in [-0.3, -0.25) is 4.79 Å². The summed E-state index contributed by atoms with van der Waals surface area (Å²) in [6.07, 6.45) is 0. The van der Waals surface area contributed by atoms with Crippen molar-refractivity contribution < 1.29 is 17.6 Å². The lowest BCUT2D eigenvalue weighted by molar-refractivity contribution is 0.0975. The molecule has 1 aromatic rings. The molecule has 0 fully saturated rings. The van der Waals surface area contributed by atoms with E-state index in [1.54, 1.807) is 4.72 Å². The Hall–Kier alpha value is -0.990. The molecule has 0 aromatic heterocycles. The second kappa shape index (κ2) is 5.11. The molecular weight excluding hydrogens is 315 g/mol. The summed E-state index contributed by atoms with van der Waals surface area (Å²) in [6.45, 7) is 0. The van der Waals surface area contributed by atoms with Gasteiger partial charge in [0.05, 0.1) is 5.56 Å². The second-order valence-electron chi connectivity index (χ2n) is 3.34. The zero-order valence-corrected chi connectivity index (χ0v) is 11.5. The quantitative estimate of drug-likeness (QED) is 0.906. The van der Waals surface area contributed by atoms with Gasteiger partial charge in [-0.1, -0.05) is 15.9 Å². The number of nitrogens with zero attached hydrogens (tertiary/aromatic N) is 1. The first kappa shape index (κ1) is 14.1. The molecule has 0 radical (unpaired) electrons. The SMILES string of the molecule is CN(C)S(=O)(=O)NC(=O)c1cc(Br)ccc1F. The molecule has 17 heavy (non-hydrogen) atoms. The summed E-state index contributed by atoms with van der Waals surface area (Å²) in [5.41, 5.74) is -0.343. The van der Waals surface area contributed by atoms with Crippen LogP contribution >= 0.6 is 15.9 Å². The first-order valence-corrected chi connectivity index (χ1v) is 6.67. The summed E-state index contributed by atoms with van der Waals surface area (Å²) in [7, 11) is -1.41. The average Bonchev–Trinajstić information content (AvgIpc) is 2.20. The van der Waals surface area contributed by atoms with Gasteiger partial charge in [-0.15, -0.1) is 0 Å². The van der Waals surface area contributed by atoms with Gasteiger partial charge in [0.25, 0.3) is 5.91 Å². The zero-order chi connectivity index (χ0) is 13.2. The number of nitrogens with one attached hydrogen (secondary N) is 1. The molecule has 1 aromatic carbocycles. The van der Waals surface area contributed by atoms with E-state index in [-0.39, 0.29) is 5.56 Å². The molecule has 0 unspecified atom stereocenters. The Labute approximate surface area is 107 Å². The van der Waals surface area contributed by atoms with Gasteiger partial charge in [-0.05, 0) is 18.2 Å². The number of hydrogen-bond donors (Lipinski definition) is 1. The molecule has 8 heteroatoms. The van der Waals surface area contributed by atoms with E-state index in [0.717, 1.165) is 10.4 Å². The maximum Gasteiger partial charge on any atom is 0.303 e. The van der Waals surface area contributed by atoms with E-state index in [9.17, 15) is 17.6 Å². The van der Waals surface area contributed by atoms with Crippen LogP contribution in [0, 0.1) is 5.82 Å². The Bertz CT molecular complexity index is 545. The fraction of sp³-hybridized carbons (Fsp3) is 0.222. The van der Waals surface area contributed by atoms with Crippen LogP contribution in [0.1, 0.15) is 10.4 Å². The summed E-state index contributed by atoms with van der Waals surface area (Å²) in [5, 5.41) is 0. The highest BCUT2D eigenvalue weighted by Crippen LogP contribution is 2.15. The monoisotopic (exact) mass is 324 g/mol. The molecule has 5 nitrogen and oxygen atoms in total. The largest absolute Gasteiger partial charge is 0.303 e. The standard InChI is InChI=1S/C9H10BrFN2O3S/c1-13(2)17(15,16)12-9(14)7-5-6(10)3-4-8(7)11/h3-5H,1-2H3,(H,12,14). The van der Waals surface area contributed by atoms with Crippen molar-refractivity contribution in [2.45, 2.75) is 0 Å². The minimum Gasteiger partial charge on any atom is -0.268 e. The van der Waals surface area contributed by atoms with Gasteiger partial charge in [0.1, 0.15) is 5.82 Å². The molecule has 0 heterocycles. The van der Waals surface area contributed by atoms with E-state index in [1.165, 1.54) is 26.2 Å². The highest BCUT2D eigenvalue weighted by Gasteiger charge is 2.20. The highest BCUT2D eigenvalue weighted by molar-refractivity contribution is 9.10. The molecule has 0 saturated heterocycles. The van der Waals surface area contributed by atoms with Crippen LogP contribution in [0.15, 0.2) is 22.7 Å². The van der Waals surface area contributed by atoms with Gasteiger partial charge in [-0.2, -0.15) is 12.7 Å². The van der Waals surface area contributed by atoms with Crippen molar-refractivity contribution in [2.75, 3.05) is 14.1 Å². The fourth-order valence-corrected chi connectivity index (χ4v) is 1.82. The highest BCUT2D eigenvalue weighted by atomic mass is 79.9. The van der Waals surface area contributed by atoms with Crippen LogP contribution < -0.4 is 4.72 Å². The Balaban J connectivity index is 3.03. The first-order valence-electron chi connectivity index (χ1n) is 4.43. The van der Waals surface area contributed by atoms with Crippen molar-refractivity contribution in [2.24, 2.45) is 0 Å². The Morgan fingerprint density at radius 2 is 2.00 bits per heavy atom. The summed E-state index contributed by atoms with van der Waals surface area (Å²) in [6, 6.07) is 3.68. The van der Waals surface area contributed by atoms with Crippen molar-refractivity contribution in [3.05, 3.63) is 34.1 Å². The molecule has 0 aliphatic rings. The van der Waals surface area contributed by atoms with Crippen molar-refractivity contribution in [1.29, 1.82) is 0 Å². The molecular formula is C9H10BrFN2O3S. The van der Waals surface area contributed by atoms with Crippen LogP contribution in [-0.4, -0.2) is 32.7 Å². The Morgan fingerprint density at radius 3 is 2.53 bits per heavy atom. The average molecular weight is 325 g/mol. The van der Waals surface area contributed by atoms with Crippen molar-refractivity contribution in [1.82, 2.24) is 9.03 Å². The molecule has 1 rings (SSSR count). The third kappa shape index (κ3) is 3.48. The van der Waals surface area contributed by atoms with Gasteiger partial charge < -0.3 is 0 Å². The fourth-order valence-electron chi connectivity index (χ4n) is 0.935. The molecule has 94 valence electrons. The van der Waals surface area contributed by atoms with E-state index < -0.39 is 21.9 Å². The van der Waals surface area contributed by atoms with Crippen molar-refractivity contribution >= 4 is 32.0 Å². The van der Waals surface area contributed by atoms with E-state index in [2.05, 4.69) is 15.9 Å². The smallest absolute Gasteiger partial charge is 0.268 e. The van der Waals surface area contributed by atoms with Crippen LogP contribution in [0.3, 0.4) is 0 Å². The Morgan fingerprint density at radius 1 is 1.41 bits per heavy atom. The van der Waals surface area contributed by atoms with Crippen LogP contribution in [0.4, 0.5) is 4.39 Å². The third-order valence-corrected chi connectivity index (χ3v) is 3.77. The van der Waals surface area contributed by atoms with E-state index >= 15 is 0 Å². The molecule has 0 aliphatic heterocycles. The molecule has 1 amide bonds. The first-order chi connectivity index (χ1) is 7.74. The Kier molecular flexibility index (Phi) is 4.23. The molecule has 0 aliphatic carbocycles. The number of benzene rings is 1. The number of carbonyl (C=O) groups is 1. The lowest BCUT2D eigenvalue weighted by atomic mass is 10.2. The number of carbonyl (C=O) groups excluding carboxylic acids is 1. The molecule has 1 N–H and O–H groups in total. The predicted molar refractivity (Wildman–Crippen MR) is 64.2 cm³/mol. The normalized spacial score (nSPS) is 11.6. The van der Waals surface area contributed by atoms with Gasteiger partial charge >= 0.3 is 10.2 Å². The van der Waals surface area contributed by atoms with Crippen LogP contribution in [-0.2, 0) is 10.2 Å². The summed E-state index contributed by atoms with van der Waals surface area (Å²) < 4.78 is 39.1. The molecule has 0 saturated carbocycles. The summed E-state index contributed by atoms with van der Waals surface area (Å²) in [5.74, 6) is -1.81. The zero-order valence-electron chi connectivity index (χ0n) is 9.07. The minimum atomic E-state index is -3.92. The second-order valence-corrected chi connectivity index (χ2v) is 6.14. The molecule has 0 atom stereocenters. The van der Waals surface area contributed by atoms with Crippen molar-refractivity contribution in [3.8, 4) is 0 Å². The van der Waals surface area contributed by atoms with Gasteiger partial charge in [-0.25, -0.2) is 9.11 Å². The van der Waals surface area contributed by atoms with E-state index in [4.69, 9.17) is 0 Å². The topological polar surface area (TPSA) is 66.5 Å². The molecule has 0 bridgehead atoms. The van der Waals surface area contributed by atoms with Gasteiger partial charge in [0.15, 0.2) is 0 Å². The predicted octanol–water partition coefficient (Wildman–Crippen LogP) is 1.12. The number of rotatable bonds is 3. The van der Waals surface area contributed by atoms with E-state index in [1.807, 2.05) is 0 Å². The summed E-state index contributed by atoms with van der Waals surface area (Å²) >= 11 is 3.07. The number of halogens is 2. The van der Waals surface area contributed by atoms with Gasteiger partial charge in [0, 0.05) is 18.6 Å². The lowest BCUT2D eigenvalue weighted by Crippen LogP contribution is -2.39. The minimum absolute atomic E-state index is 0.343. The van der Waals surface area contributed by atoms with Crippen LogP contribution in [0.2, 0.25) is 0 Å². The number of hydrogen-bond acceptors (Lipinski definition) is 3. The third-order valence-electron chi connectivity index (χ3n) is 1.88. The maximum absolute atomic E-state index is 13.3. The molecule has 0 spiro atoms. The maximum atomic E-state index is 13.3. The van der Waals surface area contributed by atoms with Gasteiger partial charge in [0.2, 0.25) is 0 Å². The lowest BCUT2D eigenvalue weighted by Gasteiger charge is -2.12. The number of amides is 1. The summed E-state index contributed by atoms with van der Waals surface area (Å²) in [4.78, 5) is 11.6. The van der Waals surface area contributed by atoms with Crippen LogP contribution in [0.25, 0.3) is 0 Å². The van der Waals surface area contributed by atoms with Crippen LogP contribution in [0.5, 0.6) is 0 Å². The van der Waals surface area contributed by atoms with E-state index in [0.29, 0.717) is 4.47 Å². The van der Waals surface area contributed by atoms with Crippen molar-refractivity contribution in [3.63, 3.8) is 0 Å².